The molecule has 17 heavy (non-hydrogen) atoms. The summed E-state index contributed by atoms with van der Waals surface area (Å²) < 4.78 is 1.74. The molecule has 0 aliphatic carbocycles. The third-order valence-electron chi connectivity index (χ3n) is 2.33. The second kappa shape index (κ2) is 5.68. The number of hydrogen-bond donors (Lipinski definition) is 0. The van der Waals surface area contributed by atoms with E-state index < -0.39 is 0 Å². The number of hydrogen-bond acceptors (Lipinski definition) is 3. The van der Waals surface area contributed by atoms with Crippen LogP contribution in [0.4, 0.5) is 0 Å². The first-order valence-electron chi connectivity index (χ1n) is 5.41. The zero-order valence-electron chi connectivity index (χ0n) is 9.67. The monoisotopic (exact) mass is 246 g/mol. The fraction of sp³-hybridized carbons (Fsp3) is 0.231. The topological polar surface area (TPSA) is 34.9 Å². The fourth-order valence-corrected chi connectivity index (χ4v) is 2.29. The van der Waals surface area contributed by atoms with Crippen LogP contribution >= 0.6 is 11.8 Å². The number of rotatable bonds is 5. The van der Waals surface area contributed by atoms with E-state index in [0.29, 0.717) is 12.2 Å². The van der Waals surface area contributed by atoms with E-state index in [0.717, 1.165) is 10.5 Å². The summed E-state index contributed by atoms with van der Waals surface area (Å²) in [5, 5.41) is 4.06. The Morgan fingerprint density at radius 3 is 2.76 bits per heavy atom. The van der Waals surface area contributed by atoms with E-state index >= 15 is 0 Å². The Kier molecular flexibility index (Phi) is 3.98. The predicted octanol–water partition coefficient (Wildman–Crippen LogP) is 2.32. The van der Waals surface area contributed by atoms with Gasteiger partial charge in [0, 0.05) is 24.6 Å². The highest BCUT2D eigenvalue weighted by atomic mass is 32.2. The molecule has 1 aromatic carbocycles. The van der Waals surface area contributed by atoms with E-state index in [-0.39, 0.29) is 5.78 Å². The average Bonchev–Trinajstić information content (AvgIpc) is 2.74. The summed E-state index contributed by atoms with van der Waals surface area (Å²) in [5.41, 5.74) is 1.07. The lowest BCUT2D eigenvalue weighted by molar-refractivity contribution is -0.116. The minimum Gasteiger partial charge on any atom is -0.298 e. The first-order valence-corrected chi connectivity index (χ1v) is 6.39. The van der Waals surface area contributed by atoms with E-state index in [1.165, 1.54) is 11.8 Å². The molecule has 88 valence electrons. The van der Waals surface area contributed by atoms with Crippen molar-refractivity contribution in [1.82, 2.24) is 9.78 Å². The van der Waals surface area contributed by atoms with Gasteiger partial charge in [-0.25, -0.2) is 0 Å². The van der Waals surface area contributed by atoms with Crippen molar-refractivity contribution < 1.29 is 4.79 Å². The van der Waals surface area contributed by atoms with E-state index in [1.807, 2.05) is 43.6 Å². The Hall–Kier alpha value is -1.55. The summed E-state index contributed by atoms with van der Waals surface area (Å²) in [6, 6.07) is 9.82. The van der Waals surface area contributed by atoms with Gasteiger partial charge in [-0.3, -0.25) is 9.48 Å². The predicted molar refractivity (Wildman–Crippen MR) is 69.1 cm³/mol. The molecule has 0 aliphatic rings. The summed E-state index contributed by atoms with van der Waals surface area (Å²) in [6.07, 6.45) is 4.20. The molecule has 0 saturated carbocycles. The summed E-state index contributed by atoms with van der Waals surface area (Å²) in [4.78, 5) is 12.8. The molecule has 0 radical (unpaired) electrons. The summed E-state index contributed by atoms with van der Waals surface area (Å²) in [7, 11) is 1.87. The third-order valence-corrected chi connectivity index (χ3v) is 3.34. The minimum absolute atomic E-state index is 0.241. The number of ketones is 1. The normalized spacial score (nSPS) is 10.4. The summed E-state index contributed by atoms with van der Waals surface area (Å²) in [5.74, 6) is 0.741. The lowest BCUT2D eigenvalue weighted by Crippen LogP contribution is -2.05. The maximum absolute atomic E-state index is 11.7. The number of aromatic nitrogens is 2. The molecule has 3 nitrogen and oxygen atoms in total. The maximum atomic E-state index is 11.7. The first-order chi connectivity index (χ1) is 8.24. The number of thioether (sulfide) groups is 1. The number of nitrogens with zero attached hydrogens (tertiary/aromatic N) is 2. The molecule has 0 N–H and O–H groups in total. The molecule has 2 aromatic rings. The van der Waals surface area contributed by atoms with Gasteiger partial charge in [0.15, 0.2) is 0 Å². The molecule has 1 heterocycles. The van der Waals surface area contributed by atoms with E-state index in [2.05, 4.69) is 5.10 Å². The van der Waals surface area contributed by atoms with Gasteiger partial charge >= 0.3 is 0 Å². The van der Waals surface area contributed by atoms with Crippen molar-refractivity contribution in [2.75, 3.05) is 5.75 Å². The Balaban J connectivity index is 1.82. The number of carbonyl (C=O) groups is 1. The Bertz CT molecular complexity index is 493. The minimum atomic E-state index is 0.241. The van der Waals surface area contributed by atoms with Gasteiger partial charge in [-0.05, 0) is 5.56 Å². The molecule has 0 unspecified atom stereocenters. The van der Waals surface area contributed by atoms with Crippen molar-refractivity contribution in [3.05, 3.63) is 48.3 Å². The average molecular weight is 246 g/mol. The summed E-state index contributed by atoms with van der Waals surface area (Å²) >= 11 is 1.54. The van der Waals surface area contributed by atoms with Gasteiger partial charge in [-0.15, -0.1) is 11.8 Å². The van der Waals surface area contributed by atoms with Crippen LogP contribution < -0.4 is 0 Å². The SMILES string of the molecule is Cn1cc(SCC(=O)Cc2ccccc2)cn1. The zero-order valence-corrected chi connectivity index (χ0v) is 10.5. The van der Waals surface area contributed by atoms with Crippen LogP contribution in [0.5, 0.6) is 0 Å². The standard InChI is InChI=1S/C13H14N2OS/c1-15-9-13(8-14-15)17-10-12(16)7-11-5-3-2-4-6-11/h2-6,8-9H,7,10H2,1H3. The second-order valence-corrected chi connectivity index (χ2v) is 4.89. The highest BCUT2D eigenvalue weighted by molar-refractivity contribution is 8.00. The van der Waals surface area contributed by atoms with Crippen LogP contribution in [0.25, 0.3) is 0 Å². The van der Waals surface area contributed by atoms with Gasteiger partial charge in [0.2, 0.25) is 0 Å². The molecule has 0 spiro atoms. The molecular formula is C13H14N2OS. The van der Waals surface area contributed by atoms with Gasteiger partial charge in [-0.2, -0.15) is 5.10 Å². The third kappa shape index (κ3) is 3.75. The zero-order chi connectivity index (χ0) is 12.1. The Morgan fingerprint density at radius 1 is 1.35 bits per heavy atom. The molecule has 0 bridgehead atoms. The Morgan fingerprint density at radius 2 is 2.12 bits per heavy atom. The van der Waals surface area contributed by atoms with Crippen LogP contribution in [0, 0.1) is 0 Å². The molecule has 0 fully saturated rings. The van der Waals surface area contributed by atoms with Crippen molar-refractivity contribution in [3.8, 4) is 0 Å². The molecule has 0 atom stereocenters. The van der Waals surface area contributed by atoms with Crippen molar-refractivity contribution in [3.63, 3.8) is 0 Å². The van der Waals surface area contributed by atoms with Crippen LogP contribution in [-0.4, -0.2) is 21.3 Å². The van der Waals surface area contributed by atoms with Gasteiger partial charge in [0.25, 0.3) is 0 Å². The molecular weight excluding hydrogens is 232 g/mol. The highest BCUT2D eigenvalue weighted by Gasteiger charge is 2.05. The number of carbonyl (C=O) groups excluding carboxylic acids is 1. The van der Waals surface area contributed by atoms with Crippen LogP contribution in [0.2, 0.25) is 0 Å². The molecule has 0 amide bonds. The number of Topliss-reactive ketones (excluding diaryl/α,β-unsaturated/α-hetero) is 1. The van der Waals surface area contributed by atoms with E-state index in [1.54, 1.807) is 10.9 Å². The number of benzene rings is 1. The largest absolute Gasteiger partial charge is 0.298 e. The van der Waals surface area contributed by atoms with Crippen LogP contribution in [-0.2, 0) is 18.3 Å². The molecule has 1 aromatic heterocycles. The smallest absolute Gasteiger partial charge is 0.147 e. The number of aryl methyl sites for hydroxylation is 1. The molecule has 2 rings (SSSR count). The quantitative estimate of drug-likeness (QED) is 0.759. The lowest BCUT2D eigenvalue weighted by Gasteiger charge is -1.99. The van der Waals surface area contributed by atoms with Crippen LogP contribution in [0.3, 0.4) is 0 Å². The van der Waals surface area contributed by atoms with Gasteiger partial charge < -0.3 is 0 Å². The lowest BCUT2D eigenvalue weighted by atomic mass is 10.1. The maximum Gasteiger partial charge on any atom is 0.147 e. The molecule has 0 aliphatic heterocycles. The first kappa shape index (κ1) is 11.9. The van der Waals surface area contributed by atoms with E-state index in [9.17, 15) is 4.79 Å². The van der Waals surface area contributed by atoms with Crippen LogP contribution in [0.15, 0.2) is 47.6 Å². The second-order valence-electron chi connectivity index (χ2n) is 3.84. The van der Waals surface area contributed by atoms with Crippen LogP contribution in [0.1, 0.15) is 5.56 Å². The van der Waals surface area contributed by atoms with Crippen molar-refractivity contribution in [2.24, 2.45) is 7.05 Å². The van der Waals surface area contributed by atoms with Gasteiger partial charge in [-0.1, -0.05) is 30.3 Å². The fourth-order valence-electron chi connectivity index (χ4n) is 1.51. The van der Waals surface area contributed by atoms with Gasteiger partial charge in [0.1, 0.15) is 5.78 Å². The van der Waals surface area contributed by atoms with Crippen molar-refractivity contribution in [2.45, 2.75) is 11.3 Å². The van der Waals surface area contributed by atoms with Gasteiger partial charge in [0.05, 0.1) is 11.9 Å². The summed E-state index contributed by atoms with van der Waals surface area (Å²) in [6.45, 7) is 0. The molecule has 0 saturated heterocycles. The molecule has 4 heteroatoms. The van der Waals surface area contributed by atoms with Crippen molar-refractivity contribution >= 4 is 17.5 Å². The highest BCUT2D eigenvalue weighted by Crippen LogP contribution is 2.16. The van der Waals surface area contributed by atoms with Crippen molar-refractivity contribution in [1.29, 1.82) is 0 Å². The Labute approximate surface area is 105 Å². The van der Waals surface area contributed by atoms with E-state index in [4.69, 9.17) is 0 Å².